The summed E-state index contributed by atoms with van der Waals surface area (Å²) in [5.74, 6) is -1.17. The molecule has 2 aliphatic rings. The third-order valence-corrected chi connectivity index (χ3v) is 7.76. The Balaban J connectivity index is 2.14. The topological polar surface area (TPSA) is 71.1 Å². The van der Waals surface area contributed by atoms with E-state index >= 15 is 0 Å². The molecule has 0 N–H and O–H groups in total. The monoisotopic (exact) mass is 354 g/mol. The minimum absolute atomic E-state index is 0.0868. The molecule has 2 saturated heterocycles. The van der Waals surface area contributed by atoms with Crippen LogP contribution in [-0.2, 0) is 33.8 Å². The minimum atomic E-state index is -4.41. The summed E-state index contributed by atoms with van der Waals surface area (Å²) in [7, 11) is -4.41. The number of hydrogen-bond donors (Lipinski definition) is 0. The van der Waals surface area contributed by atoms with E-state index in [0.717, 1.165) is 16.7 Å². The number of aryl methyl sites for hydroxylation is 2. The van der Waals surface area contributed by atoms with E-state index in [1.165, 1.54) is 0 Å². The summed E-state index contributed by atoms with van der Waals surface area (Å²) in [4.78, 5) is 24.7. The van der Waals surface area contributed by atoms with Crippen LogP contribution < -0.4 is 0 Å². The first kappa shape index (κ1) is 17.3. The van der Waals surface area contributed by atoms with Gasteiger partial charge in [-0.2, -0.15) is 0 Å². The van der Waals surface area contributed by atoms with Crippen LogP contribution in [0.4, 0.5) is 0 Å². The second-order valence-corrected chi connectivity index (χ2v) is 10.5. The summed E-state index contributed by atoms with van der Waals surface area (Å²) in [6.45, 7) is 10.2. The molecule has 3 rings (SSSR count). The molecule has 2 heterocycles. The average Bonchev–Trinajstić information content (AvgIpc) is 2.71. The summed E-state index contributed by atoms with van der Waals surface area (Å²) in [6.07, 6.45) is 0.0868. The summed E-state index contributed by atoms with van der Waals surface area (Å²) < 4.78 is 23.2. The molecule has 1 aromatic rings. The molecule has 0 unspecified atom stereocenters. The molecule has 1 aromatic carbocycles. The summed E-state index contributed by atoms with van der Waals surface area (Å²) in [5.41, 5.74) is 0.408. The van der Waals surface area contributed by atoms with Crippen molar-refractivity contribution in [1.82, 2.24) is 0 Å². The molecule has 7 heteroatoms. The van der Waals surface area contributed by atoms with Crippen molar-refractivity contribution in [1.29, 1.82) is 0 Å². The normalized spacial score (nSPS) is 27.3. The Labute approximate surface area is 141 Å². The number of carbonyl (C=O) groups excluding carboxylic acids is 2. The molecule has 2 fully saturated rings. The summed E-state index contributed by atoms with van der Waals surface area (Å²) in [6, 6.07) is 5.91. The Hall–Kier alpha value is -1.49. The Bertz CT molecular complexity index is 715. The molecular formula is C17H23O6P. The fourth-order valence-electron chi connectivity index (χ4n) is 2.99. The number of benzene rings is 1. The Morgan fingerprint density at radius 1 is 0.917 bits per heavy atom. The van der Waals surface area contributed by atoms with Crippen molar-refractivity contribution in [2.75, 3.05) is 0 Å². The zero-order valence-electron chi connectivity index (χ0n) is 14.8. The second kappa shape index (κ2) is 4.78. The quantitative estimate of drug-likeness (QED) is 0.754. The molecule has 0 amide bonds. The van der Waals surface area contributed by atoms with Crippen molar-refractivity contribution >= 4 is 19.4 Å². The standard InChI is InChI=1S/C17H23O6P/c1-11-7-8-12(2)13(9-11)10-24(20-14(18)16(3,4)22-24)21-15(19)17(5,6)23-24/h7-9H,10H2,1-6H3. The maximum atomic E-state index is 12.3. The van der Waals surface area contributed by atoms with E-state index < -0.39 is 30.7 Å². The van der Waals surface area contributed by atoms with Gasteiger partial charge in [-0.15, -0.1) is 0 Å². The maximum absolute atomic E-state index is 12.3. The van der Waals surface area contributed by atoms with E-state index in [9.17, 15) is 9.59 Å². The van der Waals surface area contributed by atoms with Crippen molar-refractivity contribution in [3.05, 3.63) is 34.9 Å². The van der Waals surface area contributed by atoms with Crippen molar-refractivity contribution in [3.63, 3.8) is 0 Å². The van der Waals surface area contributed by atoms with Gasteiger partial charge in [-0.05, 0) is 0 Å². The fraction of sp³-hybridized carbons (Fsp3) is 0.529. The van der Waals surface area contributed by atoms with E-state index in [4.69, 9.17) is 18.1 Å². The van der Waals surface area contributed by atoms with Crippen LogP contribution in [-0.4, -0.2) is 23.1 Å². The van der Waals surface area contributed by atoms with Crippen LogP contribution in [0.5, 0.6) is 0 Å². The van der Waals surface area contributed by atoms with Crippen molar-refractivity contribution in [3.8, 4) is 0 Å². The van der Waals surface area contributed by atoms with Crippen molar-refractivity contribution in [2.24, 2.45) is 0 Å². The first-order chi connectivity index (χ1) is 10.9. The molecule has 0 aromatic heterocycles. The Kier molecular flexibility index (Phi) is 3.45. The van der Waals surface area contributed by atoms with Gasteiger partial charge >= 0.3 is 141 Å². The van der Waals surface area contributed by atoms with Gasteiger partial charge in [0.05, 0.1) is 0 Å². The van der Waals surface area contributed by atoms with E-state index in [1.54, 1.807) is 27.7 Å². The third kappa shape index (κ3) is 2.53. The third-order valence-electron chi connectivity index (χ3n) is 4.24. The molecule has 1 spiro atoms. The van der Waals surface area contributed by atoms with Gasteiger partial charge in [-0.1, -0.05) is 0 Å². The molecule has 132 valence electrons. The predicted octanol–water partition coefficient (Wildman–Crippen LogP) is 3.72. The van der Waals surface area contributed by atoms with Gasteiger partial charge < -0.3 is 0 Å². The van der Waals surface area contributed by atoms with Gasteiger partial charge in [0.15, 0.2) is 0 Å². The molecular weight excluding hydrogens is 331 g/mol. The van der Waals surface area contributed by atoms with Gasteiger partial charge in [0, 0.05) is 0 Å². The van der Waals surface area contributed by atoms with Crippen LogP contribution in [0, 0.1) is 13.8 Å². The molecule has 24 heavy (non-hydrogen) atoms. The van der Waals surface area contributed by atoms with Gasteiger partial charge in [-0.3, -0.25) is 0 Å². The van der Waals surface area contributed by atoms with Gasteiger partial charge in [0.2, 0.25) is 0 Å². The van der Waals surface area contributed by atoms with Crippen molar-refractivity contribution < 1.29 is 27.7 Å². The Morgan fingerprint density at radius 3 is 1.83 bits per heavy atom. The molecule has 6 nitrogen and oxygen atoms in total. The predicted molar refractivity (Wildman–Crippen MR) is 89.1 cm³/mol. The zero-order chi connectivity index (χ0) is 18.0. The van der Waals surface area contributed by atoms with E-state index in [-0.39, 0.29) is 6.16 Å². The van der Waals surface area contributed by atoms with Crippen LogP contribution in [0.2, 0.25) is 0 Å². The second-order valence-electron chi connectivity index (χ2n) is 7.51. The number of carbonyl (C=O) groups is 2. The van der Waals surface area contributed by atoms with E-state index in [2.05, 4.69) is 0 Å². The number of rotatable bonds is 2. The van der Waals surface area contributed by atoms with Crippen LogP contribution in [0.1, 0.15) is 44.4 Å². The first-order valence-electron chi connectivity index (χ1n) is 7.86. The summed E-state index contributed by atoms with van der Waals surface area (Å²) >= 11 is 0. The van der Waals surface area contributed by atoms with Gasteiger partial charge in [0.25, 0.3) is 0 Å². The molecule has 0 aliphatic carbocycles. The molecule has 0 radical (unpaired) electrons. The number of hydrogen-bond acceptors (Lipinski definition) is 6. The van der Waals surface area contributed by atoms with Crippen LogP contribution in [0.3, 0.4) is 0 Å². The van der Waals surface area contributed by atoms with Crippen LogP contribution >= 0.6 is 7.51 Å². The zero-order valence-corrected chi connectivity index (χ0v) is 15.7. The molecule has 0 bridgehead atoms. The van der Waals surface area contributed by atoms with Crippen LogP contribution in [0.15, 0.2) is 18.2 Å². The van der Waals surface area contributed by atoms with Crippen molar-refractivity contribution in [2.45, 2.75) is 58.9 Å². The molecule has 2 aliphatic heterocycles. The van der Waals surface area contributed by atoms with E-state index in [1.807, 2.05) is 32.0 Å². The van der Waals surface area contributed by atoms with Gasteiger partial charge in [0.1, 0.15) is 0 Å². The fourth-order valence-corrected chi connectivity index (χ4v) is 7.36. The average molecular weight is 354 g/mol. The molecule has 0 atom stereocenters. The first-order valence-corrected chi connectivity index (χ1v) is 9.96. The Morgan fingerprint density at radius 2 is 1.42 bits per heavy atom. The summed E-state index contributed by atoms with van der Waals surface area (Å²) in [5, 5.41) is 0. The van der Waals surface area contributed by atoms with E-state index in [0.29, 0.717) is 0 Å². The van der Waals surface area contributed by atoms with Gasteiger partial charge in [-0.25, -0.2) is 0 Å². The SMILES string of the molecule is Cc1ccc(C)c(CP23(OC(=O)C(C)(C)O2)OC(=O)C(C)(C)O3)c1. The van der Waals surface area contributed by atoms with Crippen LogP contribution in [0.25, 0.3) is 0 Å². The molecule has 0 saturated carbocycles.